The Hall–Kier alpha value is -0.620. The van der Waals surface area contributed by atoms with Crippen LogP contribution in [0.25, 0.3) is 0 Å². The zero-order chi connectivity index (χ0) is 12.5. The van der Waals surface area contributed by atoms with Crippen LogP contribution in [-0.2, 0) is 17.8 Å². The number of ether oxygens (including phenoxy) is 1. The van der Waals surface area contributed by atoms with Crippen LogP contribution in [0.15, 0.2) is 6.07 Å². The van der Waals surface area contributed by atoms with Gasteiger partial charge in [0.1, 0.15) is 0 Å². The molecular formula is C13H19ClN2O2S. The Morgan fingerprint density at radius 3 is 3.16 bits per heavy atom. The van der Waals surface area contributed by atoms with E-state index in [4.69, 9.17) is 4.74 Å². The van der Waals surface area contributed by atoms with Gasteiger partial charge in [-0.05, 0) is 18.6 Å². The van der Waals surface area contributed by atoms with Crippen molar-refractivity contribution in [3.05, 3.63) is 21.4 Å². The Balaban J connectivity index is 0.00000133. The highest BCUT2D eigenvalue weighted by Crippen LogP contribution is 2.28. The smallest absolute Gasteiger partial charge is 0.264 e. The molecule has 0 aliphatic carbocycles. The number of nitrogens with one attached hydrogen (secondary N) is 1. The van der Waals surface area contributed by atoms with Crippen LogP contribution in [-0.4, -0.2) is 43.1 Å². The molecule has 1 aromatic heterocycles. The summed E-state index contributed by atoms with van der Waals surface area (Å²) < 4.78 is 5.43. The van der Waals surface area contributed by atoms with Crippen molar-refractivity contribution in [2.45, 2.75) is 26.0 Å². The van der Waals surface area contributed by atoms with Crippen molar-refractivity contribution in [1.82, 2.24) is 10.2 Å². The molecule has 6 heteroatoms. The number of hydrogen-bond acceptors (Lipinski definition) is 4. The first-order valence-electron chi connectivity index (χ1n) is 6.46. The fourth-order valence-electron chi connectivity index (χ4n) is 2.54. The maximum absolute atomic E-state index is 12.5. The summed E-state index contributed by atoms with van der Waals surface area (Å²) >= 11 is 1.65. The zero-order valence-corrected chi connectivity index (χ0v) is 12.6. The summed E-state index contributed by atoms with van der Waals surface area (Å²) in [6.45, 7) is 6.13. The number of fused-ring (bicyclic) bond motifs is 1. The minimum Gasteiger partial charge on any atom is -0.376 e. The van der Waals surface area contributed by atoms with E-state index in [1.165, 1.54) is 10.4 Å². The lowest BCUT2D eigenvalue weighted by Gasteiger charge is -2.33. The Kier molecular flexibility index (Phi) is 4.84. The van der Waals surface area contributed by atoms with Gasteiger partial charge in [-0.2, -0.15) is 0 Å². The van der Waals surface area contributed by atoms with Crippen LogP contribution >= 0.6 is 23.7 Å². The molecule has 2 aliphatic rings. The Morgan fingerprint density at radius 1 is 1.58 bits per heavy atom. The SMILES string of the molecule is CC1CNCCN1C(=O)c1cc2c(s1)CCOC2.Cl. The Bertz CT molecular complexity index is 440. The van der Waals surface area contributed by atoms with Gasteiger partial charge in [0.2, 0.25) is 0 Å². The number of amides is 1. The van der Waals surface area contributed by atoms with Crippen LogP contribution in [0.4, 0.5) is 0 Å². The van der Waals surface area contributed by atoms with E-state index < -0.39 is 0 Å². The van der Waals surface area contributed by atoms with Crippen molar-refractivity contribution in [3.8, 4) is 0 Å². The first-order valence-corrected chi connectivity index (χ1v) is 7.28. The van der Waals surface area contributed by atoms with Crippen molar-refractivity contribution in [2.75, 3.05) is 26.2 Å². The maximum atomic E-state index is 12.5. The molecule has 1 unspecified atom stereocenters. The second-order valence-electron chi connectivity index (χ2n) is 4.91. The highest BCUT2D eigenvalue weighted by Gasteiger charge is 2.26. The van der Waals surface area contributed by atoms with Crippen LogP contribution in [0.5, 0.6) is 0 Å². The van der Waals surface area contributed by atoms with E-state index in [2.05, 4.69) is 12.2 Å². The lowest BCUT2D eigenvalue weighted by Crippen LogP contribution is -2.52. The molecule has 1 amide bonds. The summed E-state index contributed by atoms with van der Waals surface area (Å²) in [4.78, 5) is 16.7. The van der Waals surface area contributed by atoms with Crippen molar-refractivity contribution in [3.63, 3.8) is 0 Å². The van der Waals surface area contributed by atoms with Gasteiger partial charge in [0.25, 0.3) is 5.91 Å². The molecule has 0 bridgehead atoms. The number of piperazine rings is 1. The molecule has 2 aliphatic heterocycles. The fourth-order valence-corrected chi connectivity index (χ4v) is 3.64. The summed E-state index contributed by atoms with van der Waals surface area (Å²) in [7, 11) is 0. The van der Waals surface area contributed by atoms with E-state index in [0.29, 0.717) is 6.61 Å². The summed E-state index contributed by atoms with van der Waals surface area (Å²) in [5.41, 5.74) is 1.21. The van der Waals surface area contributed by atoms with Gasteiger partial charge >= 0.3 is 0 Å². The average molecular weight is 303 g/mol. The Labute approximate surface area is 123 Å². The third kappa shape index (κ3) is 2.94. The predicted molar refractivity (Wildman–Crippen MR) is 78.3 cm³/mol. The number of halogens is 1. The molecule has 1 aromatic rings. The number of hydrogen-bond donors (Lipinski definition) is 1. The minimum absolute atomic E-state index is 0. The molecular weight excluding hydrogens is 284 g/mol. The molecule has 1 atom stereocenters. The summed E-state index contributed by atoms with van der Waals surface area (Å²) in [6, 6.07) is 2.30. The van der Waals surface area contributed by atoms with Gasteiger partial charge in [-0.1, -0.05) is 0 Å². The van der Waals surface area contributed by atoms with Gasteiger partial charge < -0.3 is 15.0 Å². The topological polar surface area (TPSA) is 41.6 Å². The molecule has 19 heavy (non-hydrogen) atoms. The number of carbonyl (C=O) groups excluding carboxylic acids is 1. The zero-order valence-electron chi connectivity index (χ0n) is 11.0. The van der Waals surface area contributed by atoms with E-state index in [-0.39, 0.29) is 24.4 Å². The van der Waals surface area contributed by atoms with Gasteiger partial charge in [0, 0.05) is 37.0 Å². The van der Waals surface area contributed by atoms with Gasteiger partial charge in [0.15, 0.2) is 0 Å². The highest BCUT2D eigenvalue weighted by molar-refractivity contribution is 7.14. The van der Waals surface area contributed by atoms with Crippen molar-refractivity contribution < 1.29 is 9.53 Å². The fraction of sp³-hybridized carbons (Fsp3) is 0.615. The molecule has 1 fully saturated rings. The molecule has 3 rings (SSSR count). The summed E-state index contributed by atoms with van der Waals surface area (Å²) in [5, 5.41) is 3.31. The van der Waals surface area contributed by atoms with Crippen LogP contribution in [0, 0.1) is 0 Å². The molecule has 0 radical (unpaired) electrons. The lowest BCUT2D eigenvalue weighted by atomic mass is 10.1. The predicted octanol–water partition coefficient (Wildman–Crippen LogP) is 1.68. The van der Waals surface area contributed by atoms with Crippen LogP contribution in [0.2, 0.25) is 0 Å². The molecule has 1 saturated heterocycles. The van der Waals surface area contributed by atoms with E-state index >= 15 is 0 Å². The minimum atomic E-state index is 0. The van der Waals surface area contributed by atoms with Crippen LogP contribution in [0.1, 0.15) is 27.0 Å². The number of nitrogens with zero attached hydrogens (tertiary/aromatic N) is 1. The maximum Gasteiger partial charge on any atom is 0.264 e. The second-order valence-corrected chi connectivity index (χ2v) is 6.05. The quantitative estimate of drug-likeness (QED) is 0.858. The molecule has 0 aromatic carbocycles. The normalized spacial score (nSPS) is 22.6. The van der Waals surface area contributed by atoms with Crippen LogP contribution < -0.4 is 5.32 Å². The number of carbonyl (C=O) groups is 1. The largest absolute Gasteiger partial charge is 0.376 e. The molecule has 1 N–H and O–H groups in total. The lowest BCUT2D eigenvalue weighted by molar-refractivity contribution is 0.0660. The highest BCUT2D eigenvalue weighted by atomic mass is 35.5. The van der Waals surface area contributed by atoms with E-state index in [1.54, 1.807) is 11.3 Å². The second kappa shape index (κ2) is 6.22. The molecule has 106 valence electrons. The standard InChI is InChI=1S/C13H18N2O2S.ClH/c1-9-7-14-3-4-15(9)13(16)12-6-10-8-17-5-2-11(10)18-12;/h6,9,14H,2-5,7-8H2,1H3;1H. The monoisotopic (exact) mass is 302 g/mol. The number of thiophene rings is 1. The Morgan fingerprint density at radius 2 is 2.42 bits per heavy atom. The van der Waals surface area contributed by atoms with Gasteiger partial charge in [-0.3, -0.25) is 4.79 Å². The molecule has 4 nitrogen and oxygen atoms in total. The molecule has 3 heterocycles. The third-order valence-electron chi connectivity index (χ3n) is 3.60. The summed E-state index contributed by atoms with van der Waals surface area (Å²) in [5.74, 6) is 0.184. The van der Waals surface area contributed by atoms with Crippen molar-refractivity contribution >= 4 is 29.7 Å². The van der Waals surface area contributed by atoms with Gasteiger partial charge in [0.05, 0.1) is 18.1 Å². The molecule has 0 spiro atoms. The first-order chi connectivity index (χ1) is 8.75. The molecule has 0 saturated carbocycles. The van der Waals surface area contributed by atoms with E-state index in [1.807, 2.05) is 11.0 Å². The number of rotatable bonds is 1. The van der Waals surface area contributed by atoms with E-state index in [0.717, 1.165) is 37.5 Å². The average Bonchev–Trinajstić information content (AvgIpc) is 2.82. The van der Waals surface area contributed by atoms with E-state index in [9.17, 15) is 4.79 Å². The van der Waals surface area contributed by atoms with Gasteiger partial charge in [-0.25, -0.2) is 0 Å². The summed E-state index contributed by atoms with van der Waals surface area (Å²) in [6.07, 6.45) is 0.949. The van der Waals surface area contributed by atoms with Gasteiger partial charge in [-0.15, -0.1) is 23.7 Å². The van der Waals surface area contributed by atoms with Crippen molar-refractivity contribution in [2.24, 2.45) is 0 Å². The third-order valence-corrected chi connectivity index (χ3v) is 4.83. The van der Waals surface area contributed by atoms with Crippen molar-refractivity contribution in [1.29, 1.82) is 0 Å². The van der Waals surface area contributed by atoms with Crippen LogP contribution in [0.3, 0.4) is 0 Å². The first kappa shape index (κ1) is 14.8.